The molecule has 2 rings (SSSR count). The Bertz CT molecular complexity index is 700. The van der Waals surface area contributed by atoms with Crippen molar-refractivity contribution in [3.8, 4) is 5.06 Å². The topological polar surface area (TPSA) is 86.5 Å². The first-order chi connectivity index (χ1) is 11.4. The van der Waals surface area contributed by atoms with Gasteiger partial charge in [0.25, 0.3) is 5.91 Å². The van der Waals surface area contributed by atoms with E-state index in [4.69, 9.17) is 15.2 Å². The standard InChI is InChI=1S/C17H23N3O3S/c1-10(2)23-15-8-7-14(24-15)11(3)19-17(21)13-6-5-12(9-22-4)20-16(13)18/h5-8,10-11H,9H2,1-4H3,(H2,18,20)(H,19,21). The smallest absolute Gasteiger partial charge is 0.255 e. The van der Waals surface area contributed by atoms with E-state index in [1.165, 1.54) is 11.3 Å². The second-order valence-corrected chi connectivity index (χ2v) is 6.76. The van der Waals surface area contributed by atoms with Gasteiger partial charge in [0.05, 0.1) is 30.0 Å². The maximum absolute atomic E-state index is 12.4. The predicted octanol–water partition coefficient (Wildman–Crippen LogP) is 3.15. The van der Waals surface area contributed by atoms with Crippen molar-refractivity contribution in [1.82, 2.24) is 10.3 Å². The molecule has 0 aliphatic heterocycles. The number of rotatable bonds is 7. The molecule has 0 bridgehead atoms. The van der Waals surface area contributed by atoms with E-state index in [9.17, 15) is 4.79 Å². The van der Waals surface area contributed by atoms with E-state index in [-0.39, 0.29) is 23.9 Å². The molecule has 3 N–H and O–H groups in total. The Morgan fingerprint density at radius 1 is 1.29 bits per heavy atom. The number of nitrogens with one attached hydrogen (secondary N) is 1. The highest BCUT2D eigenvalue weighted by Crippen LogP contribution is 2.30. The summed E-state index contributed by atoms with van der Waals surface area (Å²) in [6.45, 7) is 6.24. The number of pyridine rings is 1. The number of aromatic nitrogens is 1. The van der Waals surface area contributed by atoms with Gasteiger partial charge in [-0.2, -0.15) is 0 Å². The fourth-order valence-electron chi connectivity index (χ4n) is 2.15. The average molecular weight is 349 g/mol. The van der Waals surface area contributed by atoms with Crippen LogP contribution in [0.3, 0.4) is 0 Å². The first-order valence-electron chi connectivity index (χ1n) is 7.72. The summed E-state index contributed by atoms with van der Waals surface area (Å²) in [6.07, 6.45) is 0.123. The lowest BCUT2D eigenvalue weighted by Crippen LogP contribution is -2.27. The van der Waals surface area contributed by atoms with E-state index < -0.39 is 0 Å². The van der Waals surface area contributed by atoms with Gasteiger partial charge in [-0.25, -0.2) is 4.98 Å². The summed E-state index contributed by atoms with van der Waals surface area (Å²) in [7, 11) is 1.58. The van der Waals surface area contributed by atoms with Crippen molar-refractivity contribution >= 4 is 23.1 Å². The van der Waals surface area contributed by atoms with E-state index in [0.717, 1.165) is 9.94 Å². The maximum Gasteiger partial charge on any atom is 0.255 e. The zero-order chi connectivity index (χ0) is 17.7. The molecule has 2 heterocycles. The number of nitrogen functional groups attached to an aromatic ring is 1. The van der Waals surface area contributed by atoms with Crippen molar-refractivity contribution in [2.75, 3.05) is 12.8 Å². The van der Waals surface area contributed by atoms with E-state index in [2.05, 4.69) is 10.3 Å². The molecular weight excluding hydrogens is 326 g/mol. The zero-order valence-electron chi connectivity index (χ0n) is 14.3. The van der Waals surface area contributed by atoms with Gasteiger partial charge < -0.3 is 20.5 Å². The van der Waals surface area contributed by atoms with Crippen molar-refractivity contribution in [1.29, 1.82) is 0 Å². The number of carbonyl (C=O) groups excluding carboxylic acids is 1. The van der Waals surface area contributed by atoms with Gasteiger partial charge in [0.2, 0.25) is 0 Å². The number of thiophene rings is 1. The van der Waals surface area contributed by atoms with Gasteiger partial charge in [0.1, 0.15) is 5.82 Å². The van der Waals surface area contributed by atoms with Crippen molar-refractivity contribution in [2.24, 2.45) is 0 Å². The van der Waals surface area contributed by atoms with E-state index in [1.807, 2.05) is 32.9 Å². The second kappa shape index (κ2) is 8.12. The summed E-state index contributed by atoms with van der Waals surface area (Å²) >= 11 is 1.52. The summed E-state index contributed by atoms with van der Waals surface area (Å²) in [4.78, 5) is 17.6. The first-order valence-corrected chi connectivity index (χ1v) is 8.54. The molecule has 130 valence electrons. The molecule has 0 aliphatic rings. The molecular formula is C17H23N3O3S. The van der Waals surface area contributed by atoms with Crippen LogP contribution in [0.25, 0.3) is 0 Å². The number of hydrogen-bond acceptors (Lipinski definition) is 6. The second-order valence-electron chi connectivity index (χ2n) is 5.69. The van der Waals surface area contributed by atoms with Crippen LogP contribution in [-0.2, 0) is 11.3 Å². The van der Waals surface area contributed by atoms with Gasteiger partial charge >= 0.3 is 0 Å². The summed E-state index contributed by atoms with van der Waals surface area (Å²) in [5.74, 6) is -0.0551. The van der Waals surface area contributed by atoms with Crippen LogP contribution in [0.2, 0.25) is 0 Å². The molecule has 24 heavy (non-hydrogen) atoms. The number of nitrogens with two attached hydrogens (primary N) is 1. The SMILES string of the molecule is COCc1ccc(C(=O)NC(C)c2ccc(OC(C)C)s2)c(N)n1. The van der Waals surface area contributed by atoms with Crippen molar-refractivity contribution in [2.45, 2.75) is 39.5 Å². The van der Waals surface area contributed by atoms with Gasteiger partial charge in [-0.1, -0.05) is 0 Å². The molecule has 0 fully saturated rings. The third-order valence-electron chi connectivity index (χ3n) is 3.25. The summed E-state index contributed by atoms with van der Waals surface area (Å²) in [5, 5.41) is 3.78. The molecule has 2 aromatic rings. The highest BCUT2D eigenvalue weighted by molar-refractivity contribution is 7.13. The van der Waals surface area contributed by atoms with E-state index in [0.29, 0.717) is 17.9 Å². The quantitative estimate of drug-likeness (QED) is 0.802. The number of hydrogen-bond donors (Lipinski definition) is 2. The molecule has 6 nitrogen and oxygen atoms in total. The first kappa shape index (κ1) is 18.2. The molecule has 0 saturated carbocycles. The monoisotopic (exact) mass is 349 g/mol. The third kappa shape index (κ3) is 4.69. The minimum atomic E-state index is -0.254. The van der Waals surface area contributed by atoms with Crippen LogP contribution < -0.4 is 15.8 Å². The summed E-state index contributed by atoms with van der Waals surface area (Å²) in [6, 6.07) is 7.12. The fraction of sp³-hybridized carbons (Fsp3) is 0.412. The third-order valence-corrected chi connectivity index (χ3v) is 4.41. The Labute approximate surface area is 146 Å². The molecule has 0 aliphatic carbocycles. The van der Waals surface area contributed by atoms with Crippen LogP contribution in [0.5, 0.6) is 5.06 Å². The minimum Gasteiger partial charge on any atom is -0.481 e. The normalized spacial score (nSPS) is 12.2. The molecule has 0 radical (unpaired) electrons. The Kier molecular flexibility index (Phi) is 6.16. The van der Waals surface area contributed by atoms with Crippen LogP contribution in [0.4, 0.5) is 5.82 Å². The summed E-state index contributed by atoms with van der Waals surface area (Å²) in [5.41, 5.74) is 6.93. The molecule has 7 heteroatoms. The molecule has 0 saturated heterocycles. The highest BCUT2D eigenvalue weighted by Gasteiger charge is 2.17. The lowest BCUT2D eigenvalue weighted by atomic mass is 10.2. The lowest BCUT2D eigenvalue weighted by Gasteiger charge is -2.13. The van der Waals surface area contributed by atoms with Gasteiger partial charge in [-0.05, 0) is 45.0 Å². The Balaban J connectivity index is 2.04. The Hall–Kier alpha value is -2.12. The number of ether oxygens (including phenoxy) is 2. The minimum absolute atomic E-state index is 0.123. The number of amides is 1. The largest absolute Gasteiger partial charge is 0.481 e. The van der Waals surface area contributed by atoms with Crippen LogP contribution in [0.1, 0.15) is 47.7 Å². The molecule has 1 amide bonds. The predicted molar refractivity (Wildman–Crippen MR) is 95.3 cm³/mol. The number of nitrogens with zero attached hydrogens (tertiary/aromatic N) is 1. The molecule has 1 unspecified atom stereocenters. The van der Waals surface area contributed by atoms with E-state index >= 15 is 0 Å². The van der Waals surface area contributed by atoms with Crippen LogP contribution in [0.15, 0.2) is 24.3 Å². The highest BCUT2D eigenvalue weighted by atomic mass is 32.1. The number of carbonyl (C=O) groups is 1. The zero-order valence-corrected chi connectivity index (χ0v) is 15.1. The summed E-state index contributed by atoms with van der Waals surface area (Å²) < 4.78 is 10.7. The fourth-order valence-corrected chi connectivity index (χ4v) is 3.13. The van der Waals surface area contributed by atoms with Crippen LogP contribution in [-0.4, -0.2) is 24.1 Å². The van der Waals surface area contributed by atoms with Gasteiger partial charge in [-0.15, -0.1) is 11.3 Å². The van der Waals surface area contributed by atoms with Crippen molar-refractivity contribution in [3.63, 3.8) is 0 Å². The molecule has 2 aromatic heterocycles. The Morgan fingerprint density at radius 2 is 2.04 bits per heavy atom. The van der Waals surface area contributed by atoms with E-state index in [1.54, 1.807) is 19.2 Å². The van der Waals surface area contributed by atoms with Crippen molar-refractivity contribution in [3.05, 3.63) is 40.4 Å². The molecule has 1 atom stereocenters. The average Bonchev–Trinajstić information content (AvgIpc) is 2.95. The van der Waals surface area contributed by atoms with Crippen LogP contribution >= 0.6 is 11.3 Å². The molecule has 0 spiro atoms. The van der Waals surface area contributed by atoms with Gasteiger partial charge in [-0.3, -0.25) is 4.79 Å². The Morgan fingerprint density at radius 3 is 2.67 bits per heavy atom. The maximum atomic E-state index is 12.4. The molecule has 0 aromatic carbocycles. The van der Waals surface area contributed by atoms with Crippen LogP contribution in [0, 0.1) is 0 Å². The van der Waals surface area contributed by atoms with Gasteiger partial charge in [0, 0.05) is 12.0 Å². The lowest BCUT2D eigenvalue weighted by molar-refractivity contribution is 0.0941. The van der Waals surface area contributed by atoms with Crippen molar-refractivity contribution < 1.29 is 14.3 Å². The number of methoxy groups -OCH3 is 1. The number of anilines is 1. The van der Waals surface area contributed by atoms with Gasteiger partial charge in [0.15, 0.2) is 5.06 Å².